The van der Waals surface area contributed by atoms with Crippen LogP contribution in [-0.4, -0.2) is 26.4 Å². The van der Waals surface area contributed by atoms with Crippen LogP contribution in [0, 0.1) is 12.7 Å². The van der Waals surface area contributed by atoms with Gasteiger partial charge in [-0.1, -0.05) is 6.07 Å². The van der Waals surface area contributed by atoms with Gasteiger partial charge in [0.15, 0.2) is 5.78 Å². The van der Waals surface area contributed by atoms with Gasteiger partial charge >= 0.3 is 0 Å². The van der Waals surface area contributed by atoms with E-state index < -0.39 is 11.7 Å². The van der Waals surface area contributed by atoms with E-state index in [1.165, 1.54) is 24.4 Å². The van der Waals surface area contributed by atoms with Gasteiger partial charge in [-0.3, -0.25) is 24.7 Å². The van der Waals surface area contributed by atoms with Gasteiger partial charge in [-0.2, -0.15) is 0 Å². The Bertz CT molecular complexity index is 1080. The number of benzene rings is 1. The van der Waals surface area contributed by atoms with Gasteiger partial charge in [0, 0.05) is 24.2 Å². The SMILES string of the molecule is Cc1nccnc1C1C(=O)c2cc(F)ccc2N=C1C=Cc1ccccn1. The Morgan fingerprint density at radius 2 is 1.85 bits per heavy atom. The van der Waals surface area contributed by atoms with Crippen molar-refractivity contribution in [2.45, 2.75) is 12.8 Å². The van der Waals surface area contributed by atoms with Crippen LogP contribution >= 0.6 is 0 Å². The molecule has 1 aliphatic heterocycles. The quantitative estimate of drug-likeness (QED) is 0.707. The van der Waals surface area contributed by atoms with Gasteiger partial charge in [0.2, 0.25) is 0 Å². The lowest BCUT2D eigenvalue weighted by Crippen LogP contribution is -2.26. The molecule has 3 aromatic rings. The molecular formula is C21H15FN4O. The van der Waals surface area contributed by atoms with Crippen molar-refractivity contribution in [3.63, 3.8) is 0 Å². The Balaban J connectivity index is 1.85. The molecule has 1 aliphatic rings. The van der Waals surface area contributed by atoms with Gasteiger partial charge in [0.25, 0.3) is 0 Å². The highest BCUT2D eigenvalue weighted by molar-refractivity contribution is 6.25. The molecule has 0 fully saturated rings. The third-order valence-corrected chi connectivity index (χ3v) is 4.34. The summed E-state index contributed by atoms with van der Waals surface area (Å²) in [5.41, 5.74) is 3.11. The summed E-state index contributed by atoms with van der Waals surface area (Å²) >= 11 is 0. The summed E-state index contributed by atoms with van der Waals surface area (Å²) in [5, 5.41) is 0. The molecule has 0 N–H and O–H groups in total. The van der Waals surface area contributed by atoms with Gasteiger partial charge in [0.05, 0.1) is 28.5 Å². The summed E-state index contributed by atoms with van der Waals surface area (Å²) in [6.45, 7) is 1.79. The Hall–Kier alpha value is -3.54. The normalized spacial score (nSPS) is 16.3. The maximum atomic E-state index is 13.7. The minimum atomic E-state index is -0.743. The molecule has 0 spiro atoms. The number of aromatic nitrogens is 3. The Morgan fingerprint density at radius 1 is 1.00 bits per heavy atom. The molecule has 1 unspecified atom stereocenters. The highest BCUT2D eigenvalue weighted by Crippen LogP contribution is 2.35. The molecule has 132 valence electrons. The molecule has 0 bridgehead atoms. The van der Waals surface area contributed by atoms with Crippen molar-refractivity contribution < 1.29 is 9.18 Å². The van der Waals surface area contributed by atoms with E-state index in [0.717, 1.165) is 5.69 Å². The molecular weight excluding hydrogens is 343 g/mol. The van der Waals surface area contributed by atoms with E-state index in [1.54, 1.807) is 31.5 Å². The van der Waals surface area contributed by atoms with Gasteiger partial charge in [-0.25, -0.2) is 4.39 Å². The van der Waals surface area contributed by atoms with Crippen LogP contribution in [0.3, 0.4) is 0 Å². The van der Waals surface area contributed by atoms with Gasteiger partial charge in [0.1, 0.15) is 11.7 Å². The number of halogens is 1. The minimum absolute atomic E-state index is 0.247. The molecule has 6 heteroatoms. The molecule has 27 heavy (non-hydrogen) atoms. The zero-order chi connectivity index (χ0) is 18.8. The fourth-order valence-electron chi connectivity index (χ4n) is 3.04. The molecule has 4 rings (SSSR count). The standard InChI is InChI=1S/C21H15FN4O/c1-13-20(25-11-10-23-13)19-18(8-6-15-4-2-3-9-24-15)26-17-7-5-14(22)12-16(17)21(19)27/h2-12,19H,1H3. The van der Waals surface area contributed by atoms with Crippen molar-refractivity contribution in [1.82, 2.24) is 15.0 Å². The van der Waals surface area contributed by atoms with E-state index in [2.05, 4.69) is 19.9 Å². The van der Waals surface area contributed by atoms with Crippen LogP contribution in [0.5, 0.6) is 0 Å². The number of aliphatic imine (C=N–C) groups is 1. The first kappa shape index (κ1) is 16.9. The van der Waals surface area contributed by atoms with Crippen LogP contribution in [0.25, 0.3) is 6.08 Å². The second-order valence-electron chi connectivity index (χ2n) is 6.11. The fourth-order valence-corrected chi connectivity index (χ4v) is 3.04. The number of allylic oxidation sites excluding steroid dienone is 1. The first-order valence-corrected chi connectivity index (χ1v) is 8.42. The Labute approximate surface area is 155 Å². The average molecular weight is 358 g/mol. The van der Waals surface area contributed by atoms with Crippen molar-refractivity contribution in [2.75, 3.05) is 0 Å². The second kappa shape index (κ2) is 6.99. The Kier molecular flexibility index (Phi) is 4.38. The predicted molar refractivity (Wildman–Crippen MR) is 101 cm³/mol. The van der Waals surface area contributed by atoms with E-state index in [-0.39, 0.29) is 11.3 Å². The number of hydrogen-bond acceptors (Lipinski definition) is 5. The van der Waals surface area contributed by atoms with Crippen molar-refractivity contribution in [1.29, 1.82) is 0 Å². The highest BCUT2D eigenvalue weighted by atomic mass is 19.1. The maximum absolute atomic E-state index is 13.7. The summed E-state index contributed by atoms with van der Waals surface area (Å²) in [5.74, 6) is -1.46. The van der Waals surface area contributed by atoms with Crippen molar-refractivity contribution >= 4 is 23.3 Å². The number of carbonyl (C=O) groups is 1. The summed E-state index contributed by atoms with van der Waals surface area (Å²) < 4.78 is 13.7. The van der Waals surface area contributed by atoms with Gasteiger partial charge < -0.3 is 0 Å². The maximum Gasteiger partial charge on any atom is 0.180 e. The molecule has 5 nitrogen and oxygen atoms in total. The number of aryl methyl sites for hydroxylation is 1. The molecule has 0 saturated heterocycles. The lowest BCUT2D eigenvalue weighted by Gasteiger charge is -2.22. The number of hydrogen-bond donors (Lipinski definition) is 0. The van der Waals surface area contributed by atoms with E-state index in [1.807, 2.05) is 18.2 Å². The second-order valence-corrected chi connectivity index (χ2v) is 6.11. The lowest BCUT2D eigenvalue weighted by molar-refractivity contribution is 0.0980. The molecule has 0 saturated carbocycles. The molecule has 0 amide bonds. The predicted octanol–water partition coefficient (Wildman–Crippen LogP) is 4.09. The number of nitrogens with zero attached hydrogens (tertiary/aromatic N) is 4. The van der Waals surface area contributed by atoms with Crippen LogP contribution < -0.4 is 0 Å². The van der Waals surface area contributed by atoms with Crippen LogP contribution in [0.15, 0.2) is 66.1 Å². The first-order chi connectivity index (χ1) is 13.1. The third kappa shape index (κ3) is 3.29. The average Bonchev–Trinajstić information content (AvgIpc) is 2.69. The largest absolute Gasteiger partial charge is 0.293 e. The molecule has 1 atom stereocenters. The van der Waals surface area contributed by atoms with Crippen molar-refractivity contribution in [3.8, 4) is 0 Å². The van der Waals surface area contributed by atoms with Gasteiger partial charge in [-0.15, -0.1) is 0 Å². The van der Waals surface area contributed by atoms with Crippen molar-refractivity contribution in [2.24, 2.45) is 4.99 Å². The summed E-state index contributed by atoms with van der Waals surface area (Å²) in [4.78, 5) is 30.6. The number of pyridine rings is 1. The number of ketones is 1. The van der Waals surface area contributed by atoms with Gasteiger partial charge in [-0.05, 0) is 49.4 Å². The zero-order valence-corrected chi connectivity index (χ0v) is 14.5. The zero-order valence-electron chi connectivity index (χ0n) is 14.5. The molecule has 1 aromatic carbocycles. The fraction of sp³-hybridized carbons (Fsp3) is 0.0952. The first-order valence-electron chi connectivity index (χ1n) is 8.42. The van der Waals surface area contributed by atoms with E-state index in [0.29, 0.717) is 22.8 Å². The van der Waals surface area contributed by atoms with Crippen LogP contribution in [0.1, 0.15) is 33.4 Å². The molecule has 0 aliphatic carbocycles. The smallest absolute Gasteiger partial charge is 0.180 e. The molecule has 2 aromatic heterocycles. The van der Waals surface area contributed by atoms with E-state index >= 15 is 0 Å². The van der Waals surface area contributed by atoms with Crippen molar-refractivity contribution in [3.05, 3.63) is 89.5 Å². The van der Waals surface area contributed by atoms with Crippen LogP contribution in [-0.2, 0) is 0 Å². The molecule has 3 heterocycles. The monoisotopic (exact) mass is 358 g/mol. The summed E-state index contributed by atoms with van der Waals surface area (Å²) in [6.07, 6.45) is 8.34. The topological polar surface area (TPSA) is 68.1 Å². The summed E-state index contributed by atoms with van der Waals surface area (Å²) in [7, 11) is 0. The third-order valence-electron chi connectivity index (χ3n) is 4.34. The summed E-state index contributed by atoms with van der Waals surface area (Å²) in [6, 6.07) is 9.59. The van der Waals surface area contributed by atoms with Crippen LogP contribution in [0.4, 0.5) is 10.1 Å². The van der Waals surface area contributed by atoms with E-state index in [9.17, 15) is 9.18 Å². The highest BCUT2D eigenvalue weighted by Gasteiger charge is 2.34. The molecule has 0 radical (unpaired) electrons. The number of carbonyl (C=O) groups excluding carboxylic acids is 1. The minimum Gasteiger partial charge on any atom is -0.293 e. The lowest BCUT2D eigenvalue weighted by atomic mass is 9.85. The number of fused-ring (bicyclic) bond motifs is 1. The Morgan fingerprint density at radius 3 is 2.63 bits per heavy atom. The van der Waals surface area contributed by atoms with E-state index in [4.69, 9.17) is 0 Å². The van der Waals surface area contributed by atoms with Crippen LogP contribution in [0.2, 0.25) is 0 Å². The number of Topliss-reactive ketones (excluding diaryl/α,β-unsaturated/α-hetero) is 1. The number of rotatable bonds is 3.